The first kappa shape index (κ1) is 16.7. The molecule has 0 bridgehead atoms. The second kappa shape index (κ2) is 4.92. The molecule has 136 valence electrons. The molecule has 0 radical (unpaired) electrons. The normalized spacial score (nSPS) is 25.2. The predicted octanol–water partition coefficient (Wildman–Crippen LogP) is 4.75. The second-order valence-corrected chi connectivity index (χ2v) is 7.89. The lowest BCUT2D eigenvalue weighted by atomic mass is 9.37. The van der Waals surface area contributed by atoms with E-state index in [1.54, 1.807) is 0 Å². The predicted molar refractivity (Wildman–Crippen MR) is 72.9 cm³/mol. The van der Waals surface area contributed by atoms with Crippen LogP contribution in [0.2, 0.25) is 0 Å². The zero-order valence-corrected chi connectivity index (χ0v) is 13.0. The van der Waals surface area contributed by atoms with Crippen LogP contribution in [0.15, 0.2) is 6.07 Å². The molecule has 0 heterocycles. The van der Waals surface area contributed by atoms with Crippen LogP contribution >= 0.6 is 0 Å². The summed E-state index contributed by atoms with van der Waals surface area (Å²) in [5.41, 5.74) is -0.521. The highest BCUT2D eigenvalue weighted by atomic mass is 19.3. The van der Waals surface area contributed by atoms with E-state index in [2.05, 4.69) is 4.74 Å². The number of halogens is 6. The van der Waals surface area contributed by atoms with Gasteiger partial charge in [0.15, 0.2) is 11.6 Å². The summed E-state index contributed by atoms with van der Waals surface area (Å²) in [7, 11) is 0. The smallest absolute Gasteiger partial charge is 0.314 e. The van der Waals surface area contributed by atoms with Crippen molar-refractivity contribution in [1.82, 2.24) is 0 Å². The van der Waals surface area contributed by atoms with E-state index in [0.717, 1.165) is 0 Å². The molecule has 4 rings (SSSR count). The van der Waals surface area contributed by atoms with Gasteiger partial charge in [0.25, 0.3) is 0 Å². The number of esters is 1. The Bertz CT molecular complexity index is 725. The first-order chi connectivity index (χ1) is 11.5. The van der Waals surface area contributed by atoms with E-state index in [-0.39, 0.29) is 29.7 Å². The molecule has 0 unspecified atom stereocenters. The van der Waals surface area contributed by atoms with Gasteiger partial charge in [0.05, 0.1) is 5.92 Å². The second-order valence-electron chi connectivity index (χ2n) is 7.89. The molecule has 0 N–H and O–H groups in total. The van der Waals surface area contributed by atoms with Crippen molar-refractivity contribution in [3.8, 4) is 5.75 Å². The minimum Gasteiger partial charge on any atom is -0.420 e. The van der Waals surface area contributed by atoms with E-state index < -0.39 is 46.8 Å². The first-order valence-electron chi connectivity index (χ1n) is 7.96. The summed E-state index contributed by atoms with van der Waals surface area (Å²) in [6.07, 6.45) is 1.71. The lowest BCUT2D eigenvalue weighted by Gasteiger charge is -2.68. The van der Waals surface area contributed by atoms with E-state index in [1.165, 1.54) is 0 Å². The van der Waals surface area contributed by atoms with Crippen LogP contribution in [0.4, 0.5) is 26.3 Å². The van der Waals surface area contributed by atoms with Crippen molar-refractivity contribution in [1.29, 1.82) is 0 Å². The number of hydrogen-bond donors (Lipinski definition) is 0. The van der Waals surface area contributed by atoms with Crippen molar-refractivity contribution < 1.29 is 35.9 Å². The minimum absolute atomic E-state index is 0.0303. The lowest BCUT2D eigenvalue weighted by Crippen LogP contribution is -2.62. The number of benzene rings is 1. The Labute approximate surface area is 139 Å². The lowest BCUT2D eigenvalue weighted by molar-refractivity contribution is -0.255. The molecule has 1 aromatic rings. The van der Waals surface area contributed by atoms with Crippen molar-refractivity contribution in [2.75, 3.05) is 0 Å². The largest absolute Gasteiger partial charge is 0.420 e. The van der Waals surface area contributed by atoms with Crippen LogP contribution < -0.4 is 4.74 Å². The topological polar surface area (TPSA) is 26.3 Å². The van der Waals surface area contributed by atoms with Gasteiger partial charge in [0, 0.05) is 18.9 Å². The summed E-state index contributed by atoms with van der Waals surface area (Å²) in [6.45, 7) is 0. The van der Waals surface area contributed by atoms with Gasteiger partial charge in [-0.1, -0.05) is 0 Å². The van der Waals surface area contributed by atoms with Crippen molar-refractivity contribution in [2.24, 2.45) is 16.7 Å². The maximum Gasteiger partial charge on any atom is 0.314 e. The molecule has 25 heavy (non-hydrogen) atoms. The summed E-state index contributed by atoms with van der Waals surface area (Å²) in [5, 5.41) is 0. The molecule has 0 aromatic heterocycles. The van der Waals surface area contributed by atoms with E-state index >= 15 is 0 Å². The standard InChI is InChI=1S/C17H14F6O2/c18-9-1-10(19)12(21)13(11(9)20)25-14(24)8-2-15(3-8)4-16(5-15)6-17(22,23)7-16/h1,8H,2-7H2. The molecule has 2 nitrogen and oxygen atoms in total. The third-order valence-corrected chi connectivity index (χ3v) is 5.73. The summed E-state index contributed by atoms with van der Waals surface area (Å²) in [5.74, 6) is -12.4. The van der Waals surface area contributed by atoms with Gasteiger partial charge in [-0.05, 0) is 36.5 Å². The average Bonchev–Trinajstić information content (AvgIpc) is 2.41. The molecule has 3 fully saturated rings. The SMILES string of the molecule is O=C(Oc1c(F)c(F)cc(F)c1F)C1CC2(C1)CC1(CC(F)(F)C1)C2. The number of carbonyl (C=O) groups excluding carboxylic acids is 1. The van der Waals surface area contributed by atoms with Crippen LogP contribution in [0.1, 0.15) is 38.5 Å². The van der Waals surface area contributed by atoms with Crippen molar-refractivity contribution in [3.05, 3.63) is 29.3 Å². The molecule has 0 atom stereocenters. The monoisotopic (exact) mass is 364 g/mol. The Morgan fingerprint density at radius 3 is 1.92 bits per heavy atom. The third-order valence-electron chi connectivity index (χ3n) is 5.73. The number of rotatable bonds is 2. The molecule has 0 saturated heterocycles. The van der Waals surface area contributed by atoms with Crippen LogP contribution in [-0.2, 0) is 4.79 Å². The maximum absolute atomic E-state index is 13.5. The quantitative estimate of drug-likeness (QED) is 0.328. The Kier molecular flexibility index (Phi) is 3.29. The molecule has 1 aromatic carbocycles. The highest BCUT2D eigenvalue weighted by molar-refractivity contribution is 5.76. The Morgan fingerprint density at radius 2 is 1.44 bits per heavy atom. The molecule has 3 aliphatic rings. The van der Waals surface area contributed by atoms with Gasteiger partial charge in [-0.2, -0.15) is 8.78 Å². The van der Waals surface area contributed by atoms with Gasteiger partial charge in [-0.15, -0.1) is 0 Å². The minimum atomic E-state index is -2.60. The van der Waals surface area contributed by atoms with Crippen molar-refractivity contribution in [2.45, 2.75) is 44.4 Å². The Morgan fingerprint density at radius 1 is 0.920 bits per heavy atom. The highest BCUT2D eigenvalue weighted by Gasteiger charge is 2.69. The highest BCUT2D eigenvalue weighted by Crippen LogP contribution is 2.74. The summed E-state index contributed by atoms with van der Waals surface area (Å²) in [4.78, 5) is 12.0. The molecular formula is C17H14F6O2. The molecule has 3 saturated carbocycles. The fourth-order valence-corrected chi connectivity index (χ4v) is 5.10. The fraction of sp³-hybridized carbons (Fsp3) is 0.588. The summed E-state index contributed by atoms with van der Waals surface area (Å²) < 4.78 is 83.8. The molecular weight excluding hydrogens is 350 g/mol. The van der Waals surface area contributed by atoms with E-state index in [0.29, 0.717) is 25.7 Å². The maximum atomic E-state index is 13.5. The fourth-order valence-electron chi connectivity index (χ4n) is 5.10. The number of alkyl halides is 2. The zero-order chi connectivity index (χ0) is 18.2. The van der Waals surface area contributed by atoms with E-state index in [1.807, 2.05) is 0 Å². The van der Waals surface area contributed by atoms with Crippen LogP contribution in [0.25, 0.3) is 0 Å². The van der Waals surface area contributed by atoms with Gasteiger partial charge in [-0.3, -0.25) is 4.79 Å². The molecule has 8 heteroatoms. The average molecular weight is 364 g/mol. The molecule has 3 aliphatic carbocycles. The van der Waals surface area contributed by atoms with Crippen LogP contribution in [0.5, 0.6) is 5.75 Å². The van der Waals surface area contributed by atoms with Gasteiger partial charge in [-0.25, -0.2) is 17.6 Å². The molecule has 2 spiro atoms. The van der Waals surface area contributed by atoms with Gasteiger partial charge < -0.3 is 4.74 Å². The van der Waals surface area contributed by atoms with Crippen molar-refractivity contribution >= 4 is 5.97 Å². The van der Waals surface area contributed by atoms with Crippen molar-refractivity contribution in [3.63, 3.8) is 0 Å². The summed E-state index contributed by atoms with van der Waals surface area (Å²) in [6, 6.07) is 0.0303. The number of ether oxygens (including phenoxy) is 1. The van der Waals surface area contributed by atoms with Crippen LogP contribution in [0, 0.1) is 40.0 Å². The van der Waals surface area contributed by atoms with Gasteiger partial charge in [0.1, 0.15) is 0 Å². The van der Waals surface area contributed by atoms with Crippen LogP contribution in [0.3, 0.4) is 0 Å². The number of hydrogen-bond acceptors (Lipinski definition) is 2. The van der Waals surface area contributed by atoms with E-state index in [9.17, 15) is 31.1 Å². The van der Waals surface area contributed by atoms with Crippen LogP contribution in [-0.4, -0.2) is 11.9 Å². The molecule has 0 aliphatic heterocycles. The van der Waals surface area contributed by atoms with E-state index in [4.69, 9.17) is 0 Å². The summed E-state index contributed by atoms with van der Waals surface area (Å²) >= 11 is 0. The number of carbonyl (C=O) groups is 1. The first-order valence-corrected chi connectivity index (χ1v) is 7.96. The molecule has 0 amide bonds. The third kappa shape index (κ3) is 2.52. The Hall–Kier alpha value is -1.73. The Balaban J connectivity index is 1.36. The zero-order valence-electron chi connectivity index (χ0n) is 13.0. The van der Waals surface area contributed by atoms with Gasteiger partial charge >= 0.3 is 5.97 Å². The van der Waals surface area contributed by atoms with Gasteiger partial charge in [0.2, 0.25) is 23.3 Å².